The van der Waals surface area contributed by atoms with Crippen LogP contribution in [0, 0.1) is 11.3 Å². The zero-order valence-corrected chi connectivity index (χ0v) is 19.6. The molecule has 0 saturated heterocycles. The Morgan fingerprint density at radius 3 is 2.67 bits per heavy atom. The van der Waals surface area contributed by atoms with Crippen LogP contribution in [0.2, 0.25) is 0 Å². The number of nitriles is 1. The lowest BCUT2D eigenvalue weighted by Gasteiger charge is -2.19. The summed E-state index contributed by atoms with van der Waals surface area (Å²) in [6, 6.07) is 8.63. The third-order valence-corrected chi connectivity index (χ3v) is 5.84. The molecule has 3 N–H and O–H groups in total. The fraction of sp³-hybridized carbons (Fsp3) is 0.364. The maximum absolute atomic E-state index is 12.6. The number of nitrogens with one attached hydrogen (secondary N) is 2. The first-order valence-corrected chi connectivity index (χ1v) is 11.1. The standard InChI is InChI=1S/C22H27N5O5S/c1-4-26(9-10-32-3)14-19(28)25-16-8-6-7-15(11-16)24-13-18-20(29)27(5-2)21(33-18)17(12-23)22(30)31/h6-8,11,13,24H,4-5,9-10,14H2,1-3H3,(H,25,28)(H,30,31). The van der Waals surface area contributed by atoms with Gasteiger partial charge in [-0.05, 0) is 31.7 Å². The molecule has 1 aromatic carbocycles. The van der Waals surface area contributed by atoms with Crippen molar-refractivity contribution in [2.24, 2.45) is 0 Å². The fourth-order valence-corrected chi connectivity index (χ4v) is 4.07. The Morgan fingerprint density at radius 2 is 2.06 bits per heavy atom. The van der Waals surface area contributed by atoms with Crippen LogP contribution in [0.4, 0.5) is 11.4 Å². The third-order valence-electron chi connectivity index (χ3n) is 4.71. The summed E-state index contributed by atoms with van der Waals surface area (Å²) in [5, 5.41) is 24.2. The van der Waals surface area contributed by atoms with Gasteiger partial charge in [-0.1, -0.05) is 13.0 Å². The molecule has 0 atom stereocenters. The van der Waals surface area contributed by atoms with Crippen molar-refractivity contribution in [3.05, 3.63) is 43.8 Å². The zero-order chi connectivity index (χ0) is 24.4. The predicted octanol–water partition coefficient (Wildman–Crippen LogP) is 0.445. The molecule has 10 nitrogen and oxygen atoms in total. The van der Waals surface area contributed by atoms with Crippen molar-refractivity contribution in [2.75, 3.05) is 44.0 Å². The van der Waals surface area contributed by atoms with Crippen LogP contribution in [0.1, 0.15) is 13.8 Å². The lowest BCUT2D eigenvalue weighted by Crippen LogP contribution is -2.35. The zero-order valence-electron chi connectivity index (χ0n) is 18.8. The molecule has 0 aliphatic heterocycles. The number of ether oxygens (including phenoxy) is 1. The van der Waals surface area contributed by atoms with Gasteiger partial charge in [0.1, 0.15) is 15.3 Å². The van der Waals surface area contributed by atoms with Crippen molar-refractivity contribution in [3.63, 3.8) is 0 Å². The minimum atomic E-state index is -1.38. The first-order chi connectivity index (χ1) is 15.8. The van der Waals surface area contributed by atoms with Crippen LogP contribution >= 0.6 is 11.3 Å². The lowest BCUT2D eigenvalue weighted by atomic mass is 10.2. The molecule has 0 aliphatic carbocycles. The van der Waals surface area contributed by atoms with Gasteiger partial charge in [-0.2, -0.15) is 5.26 Å². The number of thiazole rings is 1. The minimum Gasteiger partial charge on any atom is -0.477 e. The molecule has 33 heavy (non-hydrogen) atoms. The number of likely N-dealkylation sites (N-methyl/N-ethyl adjacent to an activating group) is 1. The maximum Gasteiger partial charge on any atom is 0.349 e. The first kappa shape index (κ1) is 25.8. The summed E-state index contributed by atoms with van der Waals surface area (Å²) in [5.74, 6) is -1.54. The lowest BCUT2D eigenvalue weighted by molar-refractivity contribution is -0.130. The molecule has 11 heteroatoms. The van der Waals surface area contributed by atoms with Gasteiger partial charge in [-0.15, -0.1) is 11.3 Å². The average Bonchev–Trinajstić information content (AvgIpc) is 3.10. The van der Waals surface area contributed by atoms with Gasteiger partial charge in [-0.25, -0.2) is 4.79 Å². The Hall–Kier alpha value is -3.46. The van der Waals surface area contributed by atoms with Crippen LogP contribution in [0.3, 0.4) is 0 Å². The number of benzene rings is 1. The predicted molar refractivity (Wildman–Crippen MR) is 127 cm³/mol. The number of carboxylic acid groups (broad SMARTS) is 1. The van der Waals surface area contributed by atoms with E-state index >= 15 is 0 Å². The smallest absolute Gasteiger partial charge is 0.349 e. The quantitative estimate of drug-likeness (QED) is 0.428. The summed E-state index contributed by atoms with van der Waals surface area (Å²) in [6.45, 7) is 6.06. The van der Waals surface area contributed by atoms with E-state index in [1.807, 2.05) is 11.8 Å². The summed E-state index contributed by atoms with van der Waals surface area (Å²) in [6.07, 6.45) is 1.46. The molecule has 0 fully saturated rings. The molecule has 0 unspecified atom stereocenters. The number of anilines is 2. The molecule has 0 saturated carbocycles. The number of methoxy groups -OCH3 is 1. The van der Waals surface area contributed by atoms with Crippen LogP contribution in [0.25, 0.3) is 11.8 Å². The molecule has 1 aromatic heterocycles. The number of carbonyl (C=O) groups excluding carboxylic acids is 1. The van der Waals surface area contributed by atoms with Gasteiger partial charge in [0.05, 0.1) is 13.2 Å². The highest BCUT2D eigenvalue weighted by Crippen LogP contribution is 2.15. The number of carbonyl (C=O) groups is 2. The number of hydrogen-bond donors (Lipinski definition) is 3. The Bertz CT molecular complexity index is 1210. The molecule has 2 rings (SSSR count). The monoisotopic (exact) mass is 473 g/mol. The van der Waals surface area contributed by atoms with Crippen LogP contribution in [0.15, 0.2) is 29.1 Å². The summed E-state index contributed by atoms with van der Waals surface area (Å²) in [4.78, 5) is 38.3. The van der Waals surface area contributed by atoms with E-state index in [-0.39, 0.29) is 33.8 Å². The van der Waals surface area contributed by atoms with Crippen LogP contribution < -0.4 is 25.4 Å². The Morgan fingerprint density at radius 1 is 1.33 bits per heavy atom. The van der Waals surface area contributed by atoms with Crippen LogP contribution in [0.5, 0.6) is 0 Å². The number of hydrogen-bond acceptors (Lipinski definition) is 8. The van der Waals surface area contributed by atoms with Gasteiger partial charge >= 0.3 is 5.97 Å². The summed E-state index contributed by atoms with van der Waals surface area (Å²) in [7, 11) is 1.62. The third kappa shape index (κ3) is 7.01. The molecule has 2 aromatic rings. The second-order valence-electron chi connectivity index (χ2n) is 6.89. The largest absolute Gasteiger partial charge is 0.477 e. The second kappa shape index (κ2) is 12.5. The number of amides is 1. The van der Waals surface area contributed by atoms with Crippen molar-refractivity contribution in [1.29, 1.82) is 5.26 Å². The normalized spacial score (nSPS) is 12.4. The number of aliphatic carboxylic acids is 1. The van der Waals surface area contributed by atoms with Gasteiger partial charge in [0, 0.05) is 37.8 Å². The summed E-state index contributed by atoms with van der Waals surface area (Å²) < 4.78 is 6.66. The van der Waals surface area contributed by atoms with Gasteiger partial charge in [0.2, 0.25) is 5.91 Å². The minimum absolute atomic E-state index is 0.0977. The van der Waals surface area contributed by atoms with Crippen molar-refractivity contribution in [2.45, 2.75) is 20.4 Å². The molecular formula is C22H27N5O5S. The van der Waals surface area contributed by atoms with Crippen molar-refractivity contribution >= 4 is 46.4 Å². The molecule has 0 spiro atoms. The molecular weight excluding hydrogens is 446 g/mol. The summed E-state index contributed by atoms with van der Waals surface area (Å²) in [5.41, 5.74) is 0.346. The van der Waals surface area contributed by atoms with Crippen LogP contribution in [-0.4, -0.2) is 59.8 Å². The highest BCUT2D eigenvalue weighted by molar-refractivity contribution is 7.07. The second-order valence-corrected chi connectivity index (χ2v) is 7.92. The fourth-order valence-electron chi connectivity index (χ4n) is 2.99. The van der Waals surface area contributed by atoms with Crippen molar-refractivity contribution < 1.29 is 19.4 Å². The Labute approximate surface area is 195 Å². The van der Waals surface area contributed by atoms with E-state index in [1.165, 1.54) is 10.8 Å². The number of nitrogens with zero attached hydrogens (tertiary/aromatic N) is 3. The molecule has 0 bridgehead atoms. The molecule has 1 heterocycles. The van der Waals surface area contributed by atoms with Gasteiger partial charge in [-0.3, -0.25) is 19.1 Å². The van der Waals surface area contributed by atoms with E-state index < -0.39 is 11.5 Å². The highest BCUT2D eigenvalue weighted by atomic mass is 32.1. The number of rotatable bonds is 11. The SMILES string of the molecule is CCN(CCOC)CC(=O)Nc1cccc(NC=c2sc(=C(C#N)C(=O)O)n(CC)c2=O)c1. The van der Waals surface area contributed by atoms with Gasteiger partial charge in [0.15, 0.2) is 5.57 Å². The van der Waals surface area contributed by atoms with Gasteiger partial charge in [0.25, 0.3) is 5.56 Å². The molecule has 1 amide bonds. The Kier molecular flexibility index (Phi) is 9.81. The van der Waals surface area contributed by atoms with Crippen molar-refractivity contribution in [3.8, 4) is 6.07 Å². The van der Waals surface area contributed by atoms with E-state index in [4.69, 9.17) is 10.00 Å². The van der Waals surface area contributed by atoms with E-state index in [2.05, 4.69) is 10.6 Å². The van der Waals surface area contributed by atoms with Crippen LogP contribution in [-0.2, 0) is 20.9 Å². The average molecular weight is 474 g/mol. The van der Waals surface area contributed by atoms with Gasteiger partial charge < -0.3 is 20.5 Å². The molecule has 176 valence electrons. The van der Waals surface area contributed by atoms with Crippen molar-refractivity contribution in [1.82, 2.24) is 9.47 Å². The van der Waals surface area contributed by atoms with E-state index in [1.54, 1.807) is 44.4 Å². The van der Waals surface area contributed by atoms with E-state index in [0.29, 0.717) is 24.5 Å². The molecule has 0 radical (unpaired) electrons. The number of carboxylic acids is 1. The van der Waals surface area contributed by atoms with E-state index in [0.717, 1.165) is 17.9 Å². The Balaban J connectivity index is 2.23. The first-order valence-electron chi connectivity index (χ1n) is 10.3. The molecule has 0 aliphatic rings. The number of aromatic nitrogens is 1. The summed E-state index contributed by atoms with van der Waals surface area (Å²) >= 11 is 0.928. The topological polar surface area (TPSA) is 137 Å². The maximum atomic E-state index is 12.6. The van der Waals surface area contributed by atoms with E-state index in [9.17, 15) is 19.5 Å². The highest BCUT2D eigenvalue weighted by Gasteiger charge is 2.14.